The first-order chi connectivity index (χ1) is 7.07. The van der Waals surface area contributed by atoms with Gasteiger partial charge in [0, 0.05) is 6.42 Å². The summed E-state index contributed by atoms with van der Waals surface area (Å²) in [5.41, 5.74) is 0.906. The fraction of sp³-hybridized carbons (Fsp3) is 0.500. The molecular weight excluding hydrogens is 192 g/mol. The van der Waals surface area contributed by atoms with E-state index in [4.69, 9.17) is 9.47 Å². The van der Waals surface area contributed by atoms with Crippen molar-refractivity contribution in [2.45, 2.75) is 32.2 Å². The molecule has 1 unspecified atom stereocenters. The number of rotatable bonds is 2. The molecule has 2 rings (SSSR count). The molecule has 1 heterocycles. The van der Waals surface area contributed by atoms with Gasteiger partial charge in [-0.05, 0) is 25.5 Å². The van der Waals surface area contributed by atoms with Crippen molar-refractivity contribution in [3.8, 4) is 5.75 Å². The second-order valence-corrected chi connectivity index (χ2v) is 4.28. The lowest BCUT2D eigenvalue weighted by molar-refractivity contribution is -0.138. The van der Waals surface area contributed by atoms with Gasteiger partial charge in [-0.1, -0.05) is 18.2 Å². The Hall–Kier alpha value is -1.06. The number of benzene rings is 1. The number of hydrogen-bond acceptors (Lipinski definition) is 3. The van der Waals surface area contributed by atoms with Crippen LogP contribution in [-0.2, 0) is 15.9 Å². The van der Waals surface area contributed by atoms with E-state index in [1.807, 2.05) is 32.0 Å². The normalized spacial score (nSPS) is 24.3. The van der Waals surface area contributed by atoms with Gasteiger partial charge in [0.15, 0.2) is 5.79 Å². The van der Waals surface area contributed by atoms with Crippen LogP contribution < -0.4 is 0 Å². The lowest BCUT2D eigenvalue weighted by atomic mass is 10.1. The minimum Gasteiger partial charge on any atom is -0.508 e. The van der Waals surface area contributed by atoms with E-state index in [9.17, 15) is 5.11 Å². The van der Waals surface area contributed by atoms with Gasteiger partial charge in [-0.25, -0.2) is 0 Å². The Morgan fingerprint density at radius 1 is 1.40 bits per heavy atom. The fourth-order valence-corrected chi connectivity index (χ4v) is 1.79. The summed E-state index contributed by atoms with van der Waals surface area (Å²) in [6.45, 7) is 4.39. The van der Waals surface area contributed by atoms with Gasteiger partial charge in [0.2, 0.25) is 0 Å². The van der Waals surface area contributed by atoms with E-state index in [1.165, 1.54) is 0 Å². The summed E-state index contributed by atoms with van der Waals surface area (Å²) in [4.78, 5) is 0. The number of hydrogen-bond donors (Lipinski definition) is 1. The predicted molar refractivity (Wildman–Crippen MR) is 56.7 cm³/mol. The van der Waals surface area contributed by atoms with Gasteiger partial charge in [-0.3, -0.25) is 0 Å². The topological polar surface area (TPSA) is 38.7 Å². The standard InChI is InChI=1S/C12H16O3/c1-12(2)14-8-10(15-12)7-9-5-3-4-6-11(9)13/h3-6,10,13H,7-8H2,1-2H3. The molecule has 3 nitrogen and oxygen atoms in total. The summed E-state index contributed by atoms with van der Waals surface area (Å²) in [5.74, 6) is -0.166. The lowest BCUT2D eigenvalue weighted by Crippen LogP contribution is -2.22. The number of para-hydroxylation sites is 1. The van der Waals surface area contributed by atoms with Gasteiger partial charge in [0.05, 0.1) is 12.7 Å². The fourth-order valence-electron chi connectivity index (χ4n) is 1.79. The molecule has 0 amide bonds. The number of ether oxygens (including phenoxy) is 2. The Kier molecular flexibility index (Phi) is 2.67. The van der Waals surface area contributed by atoms with E-state index >= 15 is 0 Å². The van der Waals surface area contributed by atoms with Crippen LogP contribution in [-0.4, -0.2) is 23.6 Å². The molecule has 1 fully saturated rings. The molecule has 0 aromatic heterocycles. The summed E-state index contributed by atoms with van der Waals surface area (Å²) < 4.78 is 11.1. The maximum Gasteiger partial charge on any atom is 0.163 e. The molecular formula is C12H16O3. The zero-order valence-corrected chi connectivity index (χ0v) is 9.06. The Balaban J connectivity index is 2.02. The molecule has 1 aliphatic rings. The second-order valence-electron chi connectivity index (χ2n) is 4.28. The zero-order chi connectivity index (χ0) is 10.9. The highest BCUT2D eigenvalue weighted by atomic mass is 16.7. The molecule has 1 aliphatic heterocycles. The van der Waals surface area contributed by atoms with E-state index < -0.39 is 5.79 Å². The van der Waals surface area contributed by atoms with Crippen molar-refractivity contribution in [1.82, 2.24) is 0 Å². The monoisotopic (exact) mass is 208 g/mol. The van der Waals surface area contributed by atoms with Gasteiger partial charge in [-0.15, -0.1) is 0 Å². The number of aromatic hydroxyl groups is 1. The highest BCUT2D eigenvalue weighted by Gasteiger charge is 2.32. The van der Waals surface area contributed by atoms with Crippen LogP contribution in [0.3, 0.4) is 0 Å². The van der Waals surface area contributed by atoms with Crippen molar-refractivity contribution < 1.29 is 14.6 Å². The third-order valence-electron chi connectivity index (χ3n) is 2.51. The van der Waals surface area contributed by atoms with Crippen LogP contribution in [0.25, 0.3) is 0 Å². The van der Waals surface area contributed by atoms with Crippen LogP contribution >= 0.6 is 0 Å². The first-order valence-corrected chi connectivity index (χ1v) is 5.15. The number of phenols is 1. The SMILES string of the molecule is CC1(C)OCC(Cc2ccccc2O)O1. The molecule has 0 aliphatic carbocycles. The van der Waals surface area contributed by atoms with Crippen LogP contribution in [0.2, 0.25) is 0 Å². The van der Waals surface area contributed by atoms with Crippen LogP contribution in [0.1, 0.15) is 19.4 Å². The molecule has 1 aromatic rings. The second kappa shape index (κ2) is 3.83. The van der Waals surface area contributed by atoms with Gasteiger partial charge in [0.1, 0.15) is 5.75 Å². The van der Waals surface area contributed by atoms with Crippen molar-refractivity contribution >= 4 is 0 Å². The smallest absolute Gasteiger partial charge is 0.163 e. The van der Waals surface area contributed by atoms with Crippen LogP contribution in [0, 0.1) is 0 Å². The minimum absolute atomic E-state index is 0.0355. The average molecular weight is 208 g/mol. The largest absolute Gasteiger partial charge is 0.508 e. The van der Waals surface area contributed by atoms with Crippen molar-refractivity contribution in [2.24, 2.45) is 0 Å². The Labute approximate surface area is 89.6 Å². The van der Waals surface area contributed by atoms with E-state index in [2.05, 4.69) is 0 Å². The minimum atomic E-state index is -0.491. The summed E-state index contributed by atoms with van der Waals surface area (Å²) in [6, 6.07) is 7.32. The maximum absolute atomic E-state index is 9.60. The molecule has 0 bridgehead atoms. The average Bonchev–Trinajstić information content (AvgIpc) is 2.50. The molecule has 0 radical (unpaired) electrons. The zero-order valence-electron chi connectivity index (χ0n) is 9.06. The highest BCUT2D eigenvalue weighted by Crippen LogP contribution is 2.26. The summed E-state index contributed by atoms with van der Waals surface area (Å²) in [7, 11) is 0. The van der Waals surface area contributed by atoms with Crippen molar-refractivity contribution in [3.05, 3.63) is 29.8 Å². The molecule has 82 valence electrons. The third kappa shape index (κ3) is 2.49. The first-order valence-electron chi connectivity index (χ1n) is 5.15. The van der Waals surface area contributed by atoms with Crippen molar-refractivity contribution in [2.75, 3.05) is 6.61 Å². The number of phenolic OH excluding ortho intramolecular Hbond substituents is 1. The molecule has 0 spiro atoms. The van der Waals surface area contributed by atoms with Crippen molar-refractivity contribution in [1.29, 1.82) is 0 Å². The van der Waals surface area contributed by atoms with E-state index in [-0.39, 0.29) is 6.10 Å². The quantitative estimate of drug-likeness (QED) is 0.808. The van der Waals surface area contributed by atoms with Crippen LogP contribution in [0.4, 0.5) is 0 Å². The summed E-state index contributed by atoms with van der Waals surface area (Å²) in [6.07, 6.45) is 0.726. The van der Waals surface area contributed by atoms with Gasteiger partial charge >= 0.3 is 0 Å². The molecule has 1 saturated heterocycles. The van der Waals surface area contributed by atoms with E-state index in [0.29, 0.717) is 18.8 Å². The van der Waals surface area contributed by atoms with Crippen LogP contribution in [0.5, 0.6) is 5.75 Å². The Bertz CT molecular complexity index is 346. The highest BCUT2D eigenvalue weighted by molar-refractivity contribution is 5.32. The maximum atomic E-state index is 9.60. The van der Waals surface area contributed by atoms with Gasteiger partial charge < -0.3 is 14.6 Å². The lowest BCUT2D eigenvalue weighted by Gasteiger charge is -2.17. The van der Waals surface area contributed by atoms with Gasteiger partial charge in [0.25, 0.3) is 0 Å². The molecule has 0 saturated carbocycles. The van der Waals surface area contributed by atoms with Crippen molar-refractivity contribution in [3.63, 3.8) is 0 Å². The van der Waals surface area contributed by atoms with E-state index in [0.717, 1.165) is 5.56 Å². The molecule has 3 heteroatoms. The van der Waals surface area contributed by atoms with Crippen LogP contribution in [0.15, 0.2) is 24.3 Å². The molecule has 1 N–H and O–H groups in total. The molecule has 1 aromatic carbocycles. The third-order valence-corrected chi connectivity index (χ3v) is 2.51. The molecule has 1 atom stereocenters. The summed E-state index contributed by atoms with van der Waals surface area (Å²) in [5, 5.41) is 9.60. The predicted octanol–water partition coefficient (Wildman–Crippen LogP) is 2.09. The first kappa shape index (κ1) is 10.5. The molecule has 15 heavy (non-hydrogen) atoms. The Morgan fingerprint density at radius 3 is 2.73 bits per heavy atom. The van der Waals surface area contributed by atoms with Gasteiger partial charge in [-0.2, -0.15) is 0 Å². The Morgan fingerprint density at radius 2 is 2.13 bits per heavy atom. The summed E-state index contributed by atoms with van der Waals surface area (Å²) >= 11 is 0. The van der Waals surface area contributed by atoms with E-state index in [1.54, 1.807) is 6.07 Å².